The van der Waals surface area contributed by atoms with Gasteiger partial charge in [-0.05, 0) is 43.3 Å². The standard InChI is InChI=1S/C18H14N2O3/c1-11-16-17(14-5-3-4-6-15(14)23-18(16)21)20(19-11)12-7-9-13(22-2)10-8-12/h3-10H,1-2H3. The Balaban J connectivity index is 2.12. The number of aromatic nitrogens is 2. The van der Waals surface area contributed by atoms with Crippen molar-refractivity contribution >= 4 is 21.9 Å². The number of hydrogen-bond acceptors (Lipinski definition) is 4. The van der Waals surface area contributed by atoms with Crippen LogP contribution in [0.1, 0.15) is 5.69 Å². The van der Waals surface area contributed by atoms with Crippen molar-refractivity contribution in [2.24, 2.45) is 0 Å². The maximum atomic E-state index is 12.3. The lowest BCUT2D eigenvalue weighted by Gasteiger charge is -2.06. The number of methoxy groups -OCH3 is 1. The fraction of sp³-hybridized carbons (Fsp3) is 0.111. The summed E-state index contributed by atoms with van der Waals surface area (Å²) < 4.78 is 12.4. The summed E-state index contributed by atoms with van der Waals surface area (Å²) in [5.41, 5.74) is 2.46. The highest BCUT2D eigenvalue weighted by molar-refractivity contribution is 6.03. The summed E-state index contributed by atoms with van der Waals surface area (Å²) >= 11 is 0. The average Bonchev–Trinajstić information content (AvgIpc) is 2.93. The molecular formula is C18H14N2O3. The van der Waals surface area contributed by atoms with Gasteiger partial charge in [0.25, 0.3) is 0 Å². The number of para-hydroxylation sites is 1. The Kier molecular flexibility index (Phi) is 2.94. The van der Waals surface area contributed by atoms with Crippen molar-refractivity contribution in [2.75, 3.05) is 7.11 Å². The van der Waals surface area contributed by atoms with Crippen LogP contribution in [0.15, 0.2) is 57.7 Å². The molecule has 0 radical (unpaired) electrons. The summed E-state index contributed by atoms with van der Waals surface area (Å²) in [5, 5.41) is 5.92. The topological polar surface area (TPSA) is 57.3 Å². The van der Waals surface area contributed by atoms with Crippen molar-refractivity contribution < 1.29 is 9.15 Å². The van der Waals surface area contributed by atoms with Gasteiger partial charge in [-0.1, -0.05) is 12.1 Å². The van der Waals surface area contributed by atoms with Crippen LogP contribution in [-0.4, -0.2) is 16.9 Å². The molecule has 114 valence electrons. The Morgan fingerprint density at radius 1 is 1.09 bits per heavy atom. The molecule has 0 amide bonds. The monoisotopic (exact) mass is 306 g/mol. The molecule has 0 bridgehead atoms. The minimum Gasteiger partial charge on any atom is -0.497 e. The Morgan fingerprint density at radius 3 is 2.57 bits per heavy atom. The molecule has 0 aliphatic heterocycles. The fourth-order valence-corrected chi connectivity index (χ4v) is 2.83. The van der Waals surface area contributed by atoms with Crippen LogP contribution in [-0.2, 0) is 0 Å². The van der Waals surface area contributed by atoms with Gasteiger partial charge < -0.3 is 9.15 Å². The molecule has 0 unspecified atom stereocenters. The van der Waals surface area contributed by atoms with E-state index < -0.39 is 0 Å². The normalized spacial score (nSPS) is 11.2. The summed E-state index contributed by atoms with van der Waals surface area (Å²) in [6, 6.07) is 15.0. The third-order valence-electron chi connectivity index (χ3n) is 3.93. The zero-order valence-electron chi connectivity index (χ0n) is 12.7. The van der Waals surface area contributed by atoms with Crippen molar-refractivity contribution in [3.63, 3.8) is 0 Å². The molecule has 0 aliphatic carbocycles. The van der Waals surface area contributed by atoms with E-state index in [1.54, 1.807) is 17.9 Å². The zero-order valence-corrected chi connectivity index (χ0v) is 12.7. The van der Waals surface area contributed by atoms with E-state index >= 15 is 0 Å². The second-order valence-corrected chi connectivity index (χ2v) is 5.30. The average molecular weight is 306 g/mol. The Morgan fingerprint density at radius 2 is 1.83 bits per heavy atom. The lowest BCUT2D eigenvalue weighted by molar-refractivity contribution is 0.414. The van der Waals surface area contributed by atoms with Gasteiger partial charge in [0.15, 0.2) is 0 Å². The van der Waals surface area contributed by atoms with E-state index in [0.717, 1.165) is 22.3 Å². The zero-order chi connectivity index (χ0) is 16.0. The summed E-state index contributed by atoms with van der Waals surface area (Å²) in [4.78, 5) is 12.3. The van der Waals surface area contributed by atoms with Gasteiger partial charge in [0.2, 0.25) is 0 Å². The maximum absolute atomic E-state index is 12.3. The summed E-state index contributed by atoms with van der Waals surface area (Å²) in [5.74, 6) is 0.770. The van der Waals surface area contributed by atoms with Crippen LogP contribution in [0.2, 0.25) is 0 Å². The van der Waals surface area contributed by atoms with Crippen LogP contribution in [0, 0.1) is 6.92 Å². The van der Waals surface area contributed by atoms with Crippen molar-refractivity contribution in [3.8, 4) is 11.4 Å². The molecule has 0 fully saturated rings. The van der Waals surface area contributed by atoms with E-state index in [0.29, 0.717) is 16.7 Å². The summed E-state index contributed by atoms with van der Waals surface area (Å²) in [6.45, 7) is 1.81. The van der Waals surface area contributed by atoms with Gasteiger partial charge in [0.05, 0.1) is 24.0 Å². The first-order valence-electron chi connectivity index (χ1n) is 7.24. The summed E-state index contributed by atoms with van der Waals surface area (Å²) in [6.07, 6.45) is 0. The number of rotatable bonds is 2. The van der Waals surface area contributed by atoms with E-state index in [4.69, 9.17) is 9.15 Å². The molecule has 4 rings (SSSR count). The minimum absolute atomic E-state index is 0.365. The van der Waals surface area contributed by atoms with Gasteiger partial charge in [-0.2, -0.15) is 5.10 Å². The SMILES string of the molecule is COc1ccc(-n2nc(C)c3c(=O)oc4ccccc4c32)cc1. The van der Waals surface area contributed by atoms with Gasteiger partial charge in [0.1, 0.15) is 16.7 Å². The molecule has 2 aromatic heterocycles. The predicted molar refractivity (Wildman–Crippen MR) is 88.4 cm³/mol. The largest absolute Gasteiger partial charge is 0.497 e. The molecule has 23 heavy (non-hydrogen) atoms. The Bertz CT molecular complexity index is 1080. The van der Waals surface area contributed by atoms with E-state index in [9.17, 15) is 4.79 Å². The van der Waals surface area contributed by atoms with Crippen LogP contribution in [0.3, 0.4) is 0 Å². The number of aryl methyl sites for hydroxylation is 1. The number of hydrogen-bond donors (Lipinski definition) is 0. The Hall–Kier alpha value is -3.08. The van der Waals surface area contributed by atoms with E-state index in [1.807, 2.05) is 49.4 Å². The quantitative estimate of drug-likeness (QED) is 0.532. The highest BCUT2D eigenvalue weighted by atomic mass is 16.5. The molecule has 4 aromatic rings. The smallest absolute Gasteiger partial charge is 0.347 e. The first-order chi connectivity index (χ1) is 11.2. The maximum Gasteiger partial charge on any atom is 0.347 e. The molecule has 2 aromatic carbocycles. The van der Waals surface area contributed by atoms with Gasteiger partial charge in [-0.25, -0.2) is 9.48 Å². The highest BCUT2D eigenvalue weighted by Gasteiger charge is 2.17. The first kappa shape index (κ1) is 13.6. The van der Waals surface area contributed by atoms with Gasteiger partial charge in [-0.15, -0.1) is 0 Å². The van der Waals surface area contributed by atoms with E-state index in [2.05, 4.69) is 5.10 Å². The summed E-state index contributed by atoms with van der Waals surface area (Å²) in [7, 11) is 1.63. The van der Waals surface area contributed by atoms with Crippen molar-refractivity contribution in [1.29, 1.82) is 0 Å². The van der Waals surface area contributed by atoms with Crippen molar-refractivity contribution in [2.45, 2.75) is 6.92 Å². The lowest BCUT2D eigenvalue weighted by atomic mass is 10.1. The minimum atomic E-state index is -0.365. The molecule has 0 atom stereocenters. The van der Waals surface area contributed by atoms with Crippen molar-refractivity contribution in [3.05, 3.63) is 64.6 Å². The molecular weight excluding hydrogens is 292 g/mol. The number of ether oxygens (including phenoxy) is 1. The van der Waals surface area contributed by atoms with Crippen LogP contribution >= 0.6 is 0 Å². The third kappa shape index (κ3) is 2.01. The van der Waals surface area contributed by atoms with Crippen molar-refractivity contribution in [1.82, 2.24) is 9.78 Å². The molecule has 2 heterocycles. The van der Waals surface area contributed by atoms with Crippen LogP contribution in [0.4, 0.5) is 0 Å². The molecule has 0 saturated heterocycles. The first-order valence-corrected chi connectivity index (χ1v) is 7.24. The van der Waals surface area contributed by atoms with Crippen LogP contribution in [0.5, 0.6) is 5.75 Å². The van der Waals surface area contributed by atoms with Gasteiger partial charge in [-0.3, -0.25) is 0 Å². The lowest BCUT2D eigenvalue weighted by Crippen LogP contribution is -2.01. The predicted octanol–water partition coefficient (Wildman–Crippen LogP) is 3.45. The number of benzene rings is 2. The fourth-order valence-electron chi connectivity index (χ4n) is 2.83. The van der Waals surface area contributed by atoms with Gasteiger partial charge >= 0.3 is 5.63 Å². The van der Waals surface area contributed by atoms with E-state index in [1.165, 1.54) is 0 Å². The number of nitrogens with zero attached hydrogens (tertiary/aromatic N) is 2. The second-order valence-electron chi connectivity index (χ2n) is 5.30. The van der Waals surface area contributed by atoms with E-state index in [-0.39, 0.29) is 5.63 Å². The molecule has 5 heteroatoms. The molecule has 0 aliphatic rings. The molecule has 5 nitrogen and oxygen atoms in total. The van der Waals surface area contributed by atoms with Crippen LogP contribution in [0.25, 0.3) is 27.6 Å². The molecule has 0 saturated carbocycles. The molecule has 0 spiro atoms. The number of fused-ring (bicyclic) bond motifs is 3. The van der Waals surface area contributed by atoms with Gasteiger partial charge in [0, 0.05) is 5.39 Å². The highest BCUT2D eigenvalue weighted by Crippen LogP contribution is 2.27. The Labute approximate surface area is 131 Å². The van der Waals surface area contributed by atoms with Crippen LogP contribution < -0.4 is 10.4 Å². The molecule has 0 N–H and O–H groups in total. The second kappa shape index (κ2) is 4.98. The third-order valence-corrected chi connectivity index (χ3v) is 3.93.